The van der Waals surface area contributed by atoms with E-state index in [1.165, 1.54) is 0 Å². The fraction of sp³-hybridized carbons (Fsp3) is 0.320. The van der Waals surface area contributed by atoms with Crippen LogP contribution in [-0.4, -0.2) is 53.7 Å². The summed E-state index contributed by atoms with van der Waals surface area (Å²) in [4.78, 5) is 18.3. The third-order valence-corrected chi connectivity index (χ3v) is 5.78. The normalized spacial score (nSPS) is 14.7. The summed E-state index contributed by atoms with van der Waals surface area (Å²) in [5.74, 6) is 2.45. The van der Waals surface area contributed by atoms with E-state index in [1.807, 2.05) is 31.2 Å². The molecule has 2 heterocycles. The van der Waals surface area contributed by atoms with Gasteiger partial charge in [-0.05, 0) is 43.2 Å². The molecule has 2 aromatic carbocycles. The van der Waals surface area contributed by atoms with Crippen LogP contribution in [0.4, 0.5) is 11.6 Å². The van der Waals surface area contributed by atoms with E-state index >= 15 is 0 Å². The van der Waals surface area contributed by atoms with Crippen molar-refractivity contribution in [2.45, 2.75) is 25.8 Å². The Bertz CT molecular complexity index is 1250. The Kier molecular flexibility index (Phi) is 7.21. The summed E-state index contributed by atoms with van der Waals surface area (Å²) in [6.45, 7) is 1.87. The van der Waals surface area contributed by atoms with E-state index in [2.05, 4.69) is 20.7 Å². The Morgan fingerprint density at radius 3 is 2.54 bits per heavy atom. The van der Waals surface area contributed by atoms with Crippen LogP contribution in [-0.2, 0) is 11.2 Å². The lowest BCUT2D eigenvalue weighted by Crippen LogP contribution is -2.31. The van der Waals surface area contributed by atoms with Crippen LogP contribution < -0.4 is 24.8 Å². The highest BCUT2D eigenvalue weighted by atomic mass is 16.5. The number of rotatable bonds is 9. The lowest BCUT2D eigenvalue weighted by atomic mass is 9.94. The number of ether oxygens (including phenoxy) is 3. The van der Waals surface area contributed by atoms with Gasteiger partial charge in [-0.3, -0.25) is 4.79 Å². The van der Waals surface area contributed by atoms with E-state index in [9.17, 15) is 9.90 Å². The fourth-order valence-corrected chi connectivity index (χ4v) is 4.10. The zero-order valence-electron chi connectivity index (χ0n) is 20.2. The number of benzene rings is 2. The minimum Gasteiger partial charge on any atom is -0.495 e. The van der Waals surface area contributed by atoms with E-state index in [1.54, 1.807) is 44.2 Å². The zero-order valence-corrected chi connectivity index (χ0v) is 20.2. The molecule has 184 valence electrons. The summed E-state index contributed by atoms with van der Waals surface area (Å²) in [7, 11) is 4.69. The molecule has 10 nitrogen and oxygen atoms in total. The van der Waals surface area contributed by atoms with E-state index in [-0.39, 0.29) is 12.5 Å². The SMILES string of the molecule is COc1ccccc1NC(=O)C1=C(C)Nc2nc(CCCO)nn2C1c1ccc(OC)c(OC)c1. The lowest BCUT2D eigenvalue weighted by Gasteiger charge is -2.29. The molecule has 0 radical (unpaired) electrons. The Balaban J connectivity index is 1.80. The maximum Gasteiger partial charge on any atom is 0.255 e. The highest BCUT2D eigenvalue weighted by molar-refractivity contribution is 6.06. The molecule has 1 atom stereocenters. The summed E-state index contributed by atoms with van der Waals surface area (Å²) < 4.78 is 18.0. The standard InChI is InChI=1S/C25H29N5O5/c1-15-22(24(32)27-17-8-5-6-9-18(17)33-2)23(16-11-12-19(34-3)20(14-16)35-4)30-25(26-15)28-21(29-30)10-7-13-31/h5-6,8-9,11-12,14,23,31H,7,10,13H2,1-4H3,(H,27,32)(H,26,28,29). The van der Waals surface area contributed by atoms with Gasteiger partial charge in [0, 0.05) is 18.7 Å². The third kappa shape index (κ3) is 4.78. The smallest absolute Gasteiger partial charge is 0.255 e. The van der Waals surface area contributed by atoms with E-state index in [4.69, 9.17) is 14.2 Å². The van der Waals surface area contributed by atoms with Gasteiger partial charge in [-0.15, -0.1) is 0 Å². The molecule has 10 heteroatoms. The number of aromatic nitrogens is 3. The zero-order chi connectivity index (χ0) is 24.9. The van der Waals surface area contributed by atoms with Gasteiger partial charge in [-0.2, -0.15) is 10.1 Å². The molecule has 0 bridgehead atoms. The molecule has 3 aromatic rings. The molecule has 0 saturated heterocycles. The number of methoxy groups -OCH3 is 3. The Hall–Kier alpha value is -4.05. The number of amides is 1. The number of allylic oxidation sites excluding steroid dienone is 1. The first-order valence-electron chi connectivity index (χ1n) is 11.2. The summed E-state index contributed by atoms with van der Waals surface area (Å²) >= 11 is 0. The number of hydrogen-bond donors (Lipinski definition) is 3. The predicted molar refractivity (Wildman–Crippen MR) is 131 cm³/mol. The van der Waals surface area contributed by atoms with Gasteiger partial charge in [0.2, 0.25) is 5.95 Å². The van der Waals surface area contributed by atoms with Crippen molar-refractivity contribution < 1.29 is 24.1 Å². The van der Waals surface area contributed by atoms with Crippen molar-refractivity contribution >= 4 is 17.5 Å². The van der Waals surface area contributed by atoms with Crippen molar-refractivity contribution in [3.05, 3.63) is 65.1 Å². The van der Waals surface area contributed by atoms with E-state index in [0.29, 0.717) is 58.8 Å². The van der Waals surface area contributed by atoms with Crippen LogP contribution in [0.25, 0.3) is 0 Å². The Morgan fingerprint density at radius 2 is 1.83 bits per heavy atom. The number of nitrogens with one attached hydrogen (secondary N) is 2. The summed E-state index contributed by atoms with van der Waals surface area (Å²) in [6, 6.07) is 12.1. The lowest BCUT2D eigenvalue weighted by molar-refractivity contribution is -0.113. The van der Waals surface area contributed by atoms with Crippen molar-refractivity contribution in [1.82, 2.24) is 14.8 Å². The monoisotopic (exact) mass is 479 g/mol. The number of fused-ring (bicyclic) bond motifs is 1. The second-order valence-electron chi connectivity index (χ2n) is 7.96. The second-order valence-corrected chi connectivity index (χ2v) is 7.96. The first-order valence-corrected chi connectivity index (χ1v) is 11.2. The van der Waals surface area contributed by atoms with Gasteiger partial charge in [0.25, 0.3) is 5.91 Å². The third-order valence-electron chi connectivity index (χ3n) is 5.78. The number of carbonyl (C=O) groups excluding carboxylic acids is 1. The van der Waals surface area contributed by atoms with Crippen molar-refractivity contribution in [3.8, 4) is 17.2 Å². The molecule has 4 rings (SSSR count). The first kappa shape index (κ1) is 24.1. The van der Waals surface area contributed by atoms with Gasteiger partial charge in [-0.25, -0.2) is 4.68 Å². The molecule has 1 aliphatic heterocycles. The number of carbonyl (C=O) groups is 1. The predicted octanol–water partition coefficient (Wildman–Crippen LogP) is 3.16. The minimum absolute atomic E-state index is 0.0419. The van der Waals surface area contributed by atoms with Gasteiger partial charge in [0.1, 0.15) is 11.8 Å². The van der Waals surface area contributed by atoms with Gasteiger partial charge < -0.3 is 30.0 Å². The van der Waals surface area contributed by atoms with Crippen LogP contribution in [0.5, 0.6) is 17.2 Å². The van der Waals surface area contributed by atoms with Gasteiger partial charge in [-0.1, -0.05) is 18.2 Å². The topological polar surface area (TPSA) is 120 Å². The fourth-order valence-electron chi connectivity index (χ4n) is 4.10. The highest BCUT2D eigenvalue weighted by Crippen LogP contribution is 2.39. The second kappa shape index (κ2) is 10.5. The quantitative estimate of drug-likeness (QED) is 0.428. The molecule has 0 aliphatic carbocycles. The molecule has 0 fully saturated rings. The number of nitrogens with zero attached hydrogens (tertiary/aromatic N) is 3. The molecule has 1 unspecified atom stereocenters. The average molecular weight is 480 g/mol. The Morgan fingerprint density at radius 1 is 1.09 bits per heavy atom. The van der Waals surface area contributed by atoms with Gasteiger partial charge >= 0.3 is 0 Å². The van der Waals surface area contributed by atoms with Crippen molar-refractivity contribution in [3.63, 3.8) is 0 Å². The van der Waals surface area contributed by atoms with Crippen LogP contribution in [0, 0.1) is 0 Å². The molecule has 1 aliphatic rings. The minimum atomic E-state index is -0.587. The number of para-hydroxylation sites is 2. The van der Waals surface area contributed by atoms with Crippen molar-refractivity contribution in [2.75, 3.05) is 38.6 Å². The Labute approximate surface area is 203 Å². The molecule has 1 aromatic heterocycles. The van der Waals surface area contributed by atoms with Crippen molar-refractivity contribution in [2.24, 2.45) is 0 Å². The number of aryl methyl sites for hydroxylation is 1. The number of hydrogen-bond acceptors (Lipinski definition) is 8. The number of anilines is 2. The molecule has 0 saturated carbocycles. The van der Waals surface area contributed by atoms with E-state index in [0.717, 1.165) is 5.56 Å². The molecule has 0 spiro atoms. The largest absolute Gasteiger partial charge is 0.495 e. The van der Waals surface area contributed by atoms with Gasteiger partial charge in [0.05, 0.1) is 32.6 Å². The molecular formula is C25H29N5O5. The van der Waals surface area contributed by atoms with E-state index < -0.39 is 6.04 Å². The molecule has 35 heavy (non-hydrogen) atoms. The average Bonchev–Trinajstić information content (AvgIpc) is 3.28. The van der Waals surface area contributed by atoms with Crippen LogP contribution >= 0.6 is 0 Å². The summed E-state index contributed by atoms with van der Waals surface area (Å²) in [5.41, 5.74) is 2.44. The maximum absolute atomic E-state index is 13.7. The number of aliphatic hydroxyl groups is 1. The summed E-state index contributed by atoms with van der Waals surface area (Å²) in [6.07, 6.45) is 1.05. The van der Waals surface area contributed by atoms with Crippen LogP contribution in [0.3, 0.4) is 0 Å². The van der Waals surface area contributed by atoms with Gasteiger partial charge in [0.15, 0.2) is 17.3 Å². The summed E-state index contributed by atoms with van der Waals surface area (Å²) in [5, 5.41) is 20.1. The molecule has 1 amide bonds. The highest BCUT2D eigenvalue weighted by Gasteiger charge is 2.35. The maximum atomic E-state index is 13.7. The van der Waals surface area contributed by atoms with Crippen LogP contribution in [0.2, 0.25) is 0 Å². The van der Waals surface area contributed by atoms with Crippen LogP contribution in [0.1, 0.15) is 30.8 Å². The molecular weight excluding hydrogens is 450 g/mol. The first-order chi connectivity index (χ1) is 17.0. The van der Waals surface area contributed by atoms with Crippen molar-refractivity contribution in [1.29, 1.82) is 0 Å². The van der Waals surface area contributed by atoms with Crippen LogP contribution in [0.15, 0.2) is 53.7 Å². The molecule has 3 N–H and O–H groups in total. The number of aliphatic hydroxyl groups excluding tert-OH is 1.